The van der Waals surface area contributed by atoms with E-state index >= 15 is 0 Å². The number of hydrogen-bond acceptors (Lipinski definition) is 6. The Kier molecular flexibility index (Phi) is 3.97. The Morgan fingerprint density at radius 2 is 2.07 bits per heavy atom. The van der Waals surface area contributed by atoms with E-state index in [-0.39, 0.29) is 19.0 Å². The number of aliphatic hydroxyl groups is 3. The fraction of sp³-hybridized carbons (Fsp3) is 0.875. The Morgan fingerprint density at radius 1 is 1.43 bits per heavy atom. The van der Waals surface area contributed by atoms with Gasteiger partial charge < -0.3 is 24.8 Å². The first kappa shape index (κ1) is 11.5. The molecule has 0 aliphatic carbocycles. The molecule has 1 aliphatic rings. The predicted molar refractivity (Wildman–Crippen MR) is 44.4 cm³/mol. The molecule has 1 heterocycles. The van der Waals surface area contributed by atoms with Crippen molar-refractivity contribution < 1.29 is 29.6 Å². The number of Topliss-reactive ketones (excluding diaryl/α,β-unsaturated/α-hetero) is 1. The van der Waals surface area contributed by atoms with Crippen molar-refractivity contribution in [3.63, 3.8) is 0 Å². The molecule has 0 bridgehead atoms. The van der Waals surface area contributed by atoms with Gasteiger partial charge in [0.25, 0.3) is 0 Å². The first-order valence-corrected chi connectivity index (χ1v) is 4.29. The van der Waals surface area contributed by atoms with Crippen LogP contribution in [0, 0.1) is 0 Å². The SMILES string of the molecule is CC(=O)CO[C@H]1OC[C@@H](O)[C@H](O)[C@H]1O. The van der Waals surface area contributed by atoms with E-state index in [2.05, 4.69) is 0 Å². The van der Waals surface area contributed by atoms with E-state index < -0.39 is 24.6 Å². The quantitative estimate of drug-likeness (QED) is 0.495. The monoisotopic (exact) mass is 206 g/mol. The zero-order valence-corrected chi connectivity index (χ0v) is 7.79. The number of carbonyl (C=O) groups excluding carboxylic acids is 1. The zero-order valence-electron chi connectivity index (χ0n) is 7.79. The first-order chi connectivity index (χ1) is 6.52. The van der Waals surface area contributed by atoms with Crippen LogP contribution in [0.2, 0.25) is 0 Å². The van der Waals surface area contributed by atoms with Crippen molar-refractivity contribution in [2.45, 2.75) is 31.5 Å². The van der Waals surface area contributed by atoms with Gasteiger partial charge in [-0.25, -0.2) is 0 Å². The third-order valence-electron chi connectivity index (χ3n) is 1.91. The molecule has 0 aromatic rings. The highest BCUT2D eigenvalue weighted by Gasteiger charge is 2.38. The van der Waals surface area contributed by atoms with E-state index in [0.717, 1.165) is 0 Å². The molecular weight excluding hydrogens is 192 g/mol. The van der Waals surface area contributed by atoms with Crippen molar-refractivity contribution in [2.24, 2.45) is 0 Å². The van der Waals surface area contributed by atoms with E-state index in [0.29, 0.717) is 0 Å². The number of hydrogen-bond donors (Lipinski definition) is 3. The Morgan fingerprint density at radius 3 is 2.64 bits per heavy atom. The van der Waals surface area contributed by atoms with Gasteiger partial charge in [-0.3, -0.25) is 4.79 Å². The highest BCUT2D eigenvalue weighted by Crippen LogP contribution is 2.16. The molecule has 1 rings (SSSR count). The third-order valence-corrected chi connectivity index (χ3v) is 1.91. The molecule has 3 N–H and O–H groups in total. The van der Waals surface area contributed by atoms with Crippen LogP contribution in [0.1, 0.15) is 6.92 Å². The normalized spacial score (nSPS) is 38.3. The third kappa shape index (κ3) is 2.73. The van der Waals surface area contributed by atoms with E-state index in [1.807, 2.05) is 0 Å². The van der Waals surface area contributed by atoms with Crippen molar-refractivity contribution in [1.29, 1.82) is 0 Å². The van der Waals surface area contributed by atoms with Crippen LogP contribution in [0.3, 0.4) is 0 Å². The van der Waals surface area contributed by atoms with Crippen molar-refractivity contribution in [2.75, 3.05) is 13.2 Å². The van der Waals surface area contributed by atoms with E-state index in [4.69, 9.17) is 14.6 Å². The van der Waals surface area contributed by atoms with E-state index in [1.54, 1.807) is 0 Å². The molecule has 6 heteroatoms. The molecule has 14 heavy (non-hydrogen) atoms. The minimum absolute atomic E-state index is 0.124. The van der Waals surface area contributed by atoms with Gasteiger partial charge in [-0.1, -0.05) is 0 Å². The van der Waals surface area contributed by atoms with Crippen LogP contribution < -0.4 is 0 Å². The molecule has 0 aromatic heterocycles. The van der Waals surface area contributed by atoms with Crippen molar-refractivity contribution >= 4 is 5.78 Å². The summed E-state index contributed by atoms with van der Waals surface area (Å²) in [5.41, 5.74) is 0. The average Bonchev–Trinajstić information content (AvgIpc) is 2.13. The van der Waals surface area contributed by atoms with Gasteiger partial charge in [-0.2, -0.15) is 0 Å². The number of carbonyl (C=O) groups is 1. The largest absolute Gasteiger partial charge is 0.388 e. The van der Waals surface area contributed by atoms with Crippen LogP contribution >= 0.6 is 0 Å². The van der Waals surface area contributed by atoms with Crippen LogP contribution in [0.4, 0.5) is 0 Å². The second-order valence-electron chi connectivity index (χ2n) is 3.26. The maximum atomic E-state index is 10.6. The lowest BCUT2D eigenvalue weighted by Gasteiger charge is -2.34. The lowest BCUT2D eigenvalue weighted by atomic mass is 10.1. The summed E-state index contributed by atoms with van der Waals surface area (Å²) in [4.78, 5) is 10.6. The summed E-state index contributed by atoms with van der Waals surface area (Å²) in [6.07, 6.45) is -4.82. The molecule has 0 amide bonds. The molecule has 4 atom stereocenters. The number of aliphatic hydroxyl groups excluding tert-OH is 3. The molecule has 82 valence electrons. The maximum Gasteiger partial charge on any atom is 0.186 e. The van der Waals surface area contributed by atoms with Gasteiger partial charge in [0.2, 0.25) is 0 Å². The minimum atomic E-state index is -1.34. The van der Waals surface area contributed by atoms with E-state index in [1.165, 1.54) is 6.92 Å². The summed E-state index contributed by atoms with van der Waals surface area (Å²) in [6.45, 7) is 1.02. The minimum Gasteiger partial charge on any atom is -0.388 e. The highest BCUT2D eigenvalue weighted by atomic mass is 16.7. The molecule has 6 nitrogen and oxygen atoms in total. The van der Waals surface area contributed by atoms with Gasteiger partial charge in [-0.15, -0.1) is 0 Å². The van der Waals surface area contributed by atoms with Gasteiger partial charge in [0.1, 0.15) is 24.9 Å². The summed E-state index contributed by atoms with van der Waals surface area (Å²) < 4.78 is 9.77. The molecule has 0 spiro atoms. The standard InChI is InChI=1S/C8H14O6/c1-4(9)2-13-8-7(12)6(11)5(10)3-14-8/h5-8,10-12H,2-3H2,1H3/t5-,6+,7-,8+/m1/s1. The van der Waals surface area contributed by atoms with Crippen LogP contribution in [0.5, 0.6) is 0 Å². The predicted octanol–water partition coefficient (Wildman–Crippen LogP) is -1.97. The Hall–Kier alpha value is -0.530. The fourth-order valence-electron chi connectivity index (χ4n) is 1.13. The second-order valence-corrected chi connectivity index (χ2v) is 3.26. The molecular formula is C8H14O6. The van der Waals surface area contributed by atoms with Gasteiger partial charge in [0, 0.05) is 0 Å². The van der Waals surface area contributed by atoms with Gasteiger partial charge >= 0.3 is 0 Å². The Bertz CT molecular complexity index is 206. The summed E-state index contributed by atoms with van der Waals surface area (Å²) in [5, 5.41) is 27.7. The molecule has 0 unspecified atom stereocenters. The Balaban J connectivity index is 2.42. The van der Waals surface area contributed by atoms with Gasteiger partial charge in [0.05, 0.1) is 6.61 Å². The summed E-state index contributed by atoms with van der Waals surface area (Å²) in [6, 6.07) is 0. The van der Waals surface area contributed by atoms with Gasteiger partial charge in [-0.05, 0) is 6.92 Å². The van der Waals surface area contributed by atoms with Crippen molar-refractivity contribution in [1.82, 2.24) is 0 Å². The number of rotatable bonds is 3. The Labute approximate surface area is 81.1 Å². The summed E-state index contributed by atoms with van der Waals surface area (Å²) in [7, 11) is 0. The van der Waals surface area contributed by atoms with E-state index in [9.17, 15) is 15.0 Å². The molecule has 1 fully saturated rings. The second kappa shape index (κ2) is 4.81. The maximum absolute atomic E-state index is 10.6. The zero-order chi connectivity index (χ0) is 10.7. The highest BCUT2D eigenvalue weighted by molar-refractivity contribution is 5.76. The number of ether oxygens (including phenoxy) is 2. The summed E-state index contributed by atoms with van der Waals surface area (Å²) in [5.74, 6) is -0.207. The lowest BCUT2D eigenvalue weighted by Crippen LogP contribution is -2.53. The molecule has 0 saturated carbocycles. The fourth-order valence-corrected chi connectivity index (χ4v) is 1.13. The lowest BCUT2D eigenvalue weighted by molar-refractivity contribution is -0.267. The van der Waals surface area contributed by atoms with Gasteiger partial charge in [0.15, 0.2) is 12.1 Å². The first-order valence-electron chi connectivity index (χ1n) is 4.29. The number of ketones is 1. The van der Waals surface area contributed by atoms with Crippen molar-refractivity contribution in [3.05, 3.63) is 0 Å². The molecule has 0 aromatic carbocycles. The smallest absolute Gasteiger partial charge is 0.186 e. The molecule has 1 aliphatic heterocycles. The average molecular weight is 206 g/mol. The molecule has 1 saturated heterocycles. The molecule has 0 radical (unpaired) electrons. The summed E-state index contributed by atoms with van der Waals surface area (Å²) >= 11 is 0. The van der Waals surface area contributed by atoms with Crippen LogP contribution in [0.15, 0.2) is 0 Å². The van der Waals surface area contributed by atoms with Crippen molar-refractivity contribution in [3.8, 4) is 0 Å². The topological polar surface area (TPSA) is 96.2 Å². The van der Waals surface area contributed by atoms with Crippen LogP contribution in [0.25, 0.3) is 0 Å². The van der Waals surface area contributed by atoms with Crippen LogP contribution in [-0.2, 0) is 14.3 Å². The van der Waals surface area contributed by atoms with Crippen LogP contribution in [-0.4, -0.2) is 58.9 Å².